The standard InChI is InChI=1S/C21H18N4OS2/c1-15-7-9-16(10-8-15)18-13-23-21(25(18)17-5-3-2-4-6-17)28-14-19(26)24-20-22-11-12-27-20/h2-13H,14H2,1H3,(H,22,24,26). The van der Waals surface area contributed by atoms with Crippen LogP contribution >= 0.6 is 23.1 Å². The van der Waals surface area contributed by atoms with E-state index in [0.717, 1.165) is 22.1 Å². The number of benzene rings is 2. The van der Waals surface area contributed by atoms with Crippen LogP contribution in [-0.4, -0.2) is 26.2 Å². The highest BCUT2D eigenvalue weighted by molar-refractivity contribution is 7.99. The van der Waals surface area contributed by atoms with E-state index in [9.17, 15) is 4.79 Å². The SMILES string of the molecule is Cc1ccc(-c2cnc(SCC(=O)Nc3nccs3)n2-c2ccccc2)cc1. The van der Waals surface area contributed by atoms with E-state index in [1.807, 2.05) is 41.9 Å². The second kappa shape index (κ2) is 8.41. The molecule has 2 heterocycles. The van der Waals surface area contributed by atoms with Gasteiger partial charge in [0.2, 0.25) is 5.91 Å². The zero-order valence-electron chi connectivity index (χ0n) is 15.2. The molecular weight excluding hydrogens is 388 g/mol. The molecule has 0 atom stereocenters. The summed E-state index contributed by atoms with van der Waals surface area (Å²) in [6.45, 7) is 2.07. The summed E-state index contributed by atoms with van der Waals surface area (Å²) in [4.78, 5) is 20.9. The van der Waals surface area contributed by atoms with Crippen molar-refractivity contribution < 1.29 is 4.79 Å². The first kappa shape index (κ1) is 18.5. The van der Waals surface area contributed by atoms with E-state index in [4.69, 9.17) is 0 Å². The van der Waals surface area contributed by atoms with Crippen LogP contribution in [0.25, 0.3) is 16.9 Å². The van der Waals surface area contributed by atoms with Crippen LogP contribution in [0.15, 0.2) is 77.5 Å². The maximum absolute atomic E-state index is 12.2. The molecule has 7 heteroatoms. The summed E-state index contributed by atoms with van der Waals surface area (Å²) in [6.07, 6.45) is 3.53. The molecule has 0 spiro atoms. The summed E-state index contributed by atoms with van der Waals surface area (Å²) in [5.41, 5.74) is 4.30. The number of thioether (sulfide) groups is 1. The molecule has 0 aliphatic rings. The van der Waals surface area contributed by atoms with Gasteiger partial charge in [0, 0.05) is 22.8 Å². The average Bonchev–Trinajstić information content (AvgIpc) is 3.37. The summed E-state index contributed by atoms with van der Waals surface area (Å²) in [5, 5.41) is 6.02. The van der Waals surface area contributed by atoms with Gasteiger partial charge in [0.15, 0.2) is 10.3 Å². The van der Waals surface area contributed by atoms with Crippen LogP contribution in [0.1, 0.15) is 5.56 Å². The highest BCUT2D eigenvalue weighted by atomic mass is 32.2. The van der Waals surface area contributed by atoms with Crippen molar-refractivity contribution in [1.29, 1.82) is 0 Å². The van der Waals surface area contributed by atoms with Gasteiger partial charge in [-0.05, 0) is 19.1 Å². The van der Waals surface area contributed by atoms with E-state index in [2.05, 4.69) is 51.0 Å². The monoisotopic (exact) mass is 406 g/mol. The lowest BCUT2D eigenvalue weighted by Crippen LogP contribution is -2.14. The lowest BCUT2D eigenvalue weighted by atomic mass is 10.1. The Kier molecular flexibility index (Phi) is 5.55. The van der Waals surface area contributed by atoms with E-state index in [-0.39, 0.29) is 11.7 Å². The molecule has 2 aromatic carbocycles. The normalized spacial score (nSPS) is 10.8. The number of nitrogens with one attached hydrogen (secondary N) is 1. The number of nitrogens with zero attached hydrogens (tertiary/aromatic N) is 3. The van der Waals surface area contributed by atoms with E-state index in [0.29, 0.717) is 5.13 Å². The first-order chi connectivity index (χ1) is 13.7. The van der Waals surface area contributed by atoms with E-state index in [1.54, 1.807) is 6.20 Å². The molecule has 4 rings (SSSR count). The zero-order chi connectivity index (χ0) is 19.3. The first-order valence-corrected chi connectivity index (χ1v) is 10.6. The lowest BCUT2D eigenvalue weighted by Gasteiger charge is -2.12. The summed E-state index contributed by atoms with van der Waals surface area (Å²) in [7, 11) is 0. The molecule has 0 saturated carbocycles. The quantitative estimate of drug-likeness (QED) is 0.456. The number of hydrogen-bond acceptors (Lipinski definition) is 5. The van der Waals surface area contributed by atoms with Crippen molar-refractivity contribution in [2.45, 2.75) is 12.1 Å². The van der Waals surface area contributed by atoms with Crippen molar-refractivity contribution in [3.63, 3.8) is 0 Å². The Morgan fingerprint density at radius 3 is 2.61 bits per heavy atom. The summed E-state index contributed by atoms with van der Waals surface area (Å²) in [6, 6.07) is 18.4. The number of anilines is 1. The van der Waals surface area contributed by atoms with Crippen molar-refractivity contribution in [1.82, 2.24) is 14.5 Å². The van der Waals surface area contributed by atoms with Gasteiger partial charge in [-0.25, -0.2) is 9.97 Å². The van der Waals surface area contributed by atoms with Crippen LogP contribution < -0.4 is 5.32 Å². The third-order valence-corrected chi connectivity index (χ3v) is 5.74. The second-order valence-corrected chi connectivity index (χ2v) is 7.97. The van der Waals surface area contributed by atoms with E-state index in [1.165, 1.54) is 28.7 Å². The molecule has 0 fully saturated rings. The minimum atomic E-state index is -0.0977. The molecule has 0 aliphatic carbocycles. The molecule has 1 amide bonds. The molecular formula is C21H18N4OS2. The fourth-order valence-corrected chi connectivity index (χ4v) is 4.10. The fourth-order valence-electron chi connectivity index (χ4n) is 2.76. The lowest BCUT2D eigenvalue weighted by molar-refractivity contribution is -0.113. The molecule has 0 saturated heterocycles. The Balaban J connectivity index is 1.62. The van der Waals surface area contributed by atoms with Gasteiger partial charge in [0.05, 0.1) is 17.6 Å². The molecule has 0 aliphatic heterocycles. The van der Waals surface area contributed by atoms with Gasteiger partial charge in [-0.1, -0.05) is 59.8 Å². The van der Waals surface area contributed by atoms with E-state index < -0.39 is 0 Å². The molecule has 5 nitrogen and oxygen atoms in total. The highest BCUT2D eigenvalue weighted by Gasteiger charge is 2.15. The maximum atomic E-state index is 12.2. The third-order valence-electron chi connectivity index (χ3n) is 4.10. The van der Waals surface area contributed by atoms with Gasteiger partial charge in [0.25, 0.3) is 0 Å². The maximum Gasteiger partial charge on any atom is 0.236 e. The number of imidazole rings is 1. The molecule has 0 unspecified atom stereocenters. The van der Waals surface area contributed by atoms with Crippen LogP contribution in [0.3, 0.4) is 0 Å². The zero-order valence-corrected chi connectivity index (χ0v) is 16.8. The fraction of sp³-hybridized carbons (Fsp3) is 0.0952. The Bertz CT molecular complexity index is 1060. The van der Waals surface area contributed by atoms with Crippen molar-refractivity contribution in [2.24, 2.45) is 0 Å². The van der Waals surface area contributed by atoms with Crippen molar-refractivity contribution in [2.75, 3.05) is 11.1 Å². The minimum Gasteiger partial charge on any atom is -0.301 e. The molecule has 140 valence electrons. The molecule has 2 aromatic heterocycles. The summed E-state index contributed by atoms with van der Waals surface area (Å²) in [5.74, 6) is 0.163. The van der Waals surface area contributed by atoms with Crippen molar-refractivity contribution >= 4 is 34.1 Å². The Hall–Kier alpha value is -2.90. The molecule has 4 aromatic rings. The number of amides is 1. The first-order valence-electron chi connectivity index (χ1n) is 8.73. The molecule has 0 radical (unpaired) electrons. The number of carbonyl (C=O) groups excluding carboxylic acids is 1. The molecule has 1 N–H and O–H groups in total. The number of aromatic nitrogens is 3. The number of aryl methyl sites for hydroxylation is 1. The highest BCUT2D eigenvalue weighted by Crippen LogP contribution is 2.30. The Morgan fingerprint density at radius 1 is 1.11 bits per heavy atom. The second-order valence-electron chi connectivity index (χ2n) is 6.14. The minimum absolute atomic E-state index is 0.0977. The smallest absolute Gasteiger partial charge is 0.236 e. The van der Waals surface area contributed by atoms with Gasteiger partial charge in [-0.15, -0.1) is 11.3 Å². The summed E-state index contributed by atoms with van der Waals surface area (Å²) >= 11 is 2.81. The number of carbonyl (C=O) groups is 1. The van der Waals surface area contributed by atoms with Crippen LogP contribution in [0.2, 0.25) is 0 Å². The average molecular weight is 407 g/mol. The largest absolute Gasteiger partial charge is 0.301 e. The van der Waals surface area contributed by atoms with Gasteiger partial charge in [0.1, 0.15) is 0 Å². The van der Waals surface area contributed by atoms with Crippen LogP contribution in [0.4, 0.5) is 5.13 Å². The Labute approximate surface area is 171 Å². The molecule has 0 bridgehead atoms. The van der Waals surface area contributed by atoms with Crippen molar-refractivity contribution in [3.8, 4) is 16.9 Å². The van der Waals surface area contributed by atoms with Gasteiger partial charge >= 0.3 is 0 Å². The molecule has 28 heavy (non-hydrogen) atoms. The van der Waals surface area contributed by atoms with Gasteiger partial charge < -0.3 is 5.32 Å². The topological polar surface area (TPSA) is 59.8 Å². The predicted octanol–water partition coefficient (Wildman–Crippen LogP) is 5.04. The Morgan fingerprint density at radius 2 is 1.89 bits per heavy atom. The predicted molar refractivity (Wildman–Crippen MR) is 115 cm³/mol. The van der Waals surface area contributed by atoms with Crippen LogP contribution in [0.5, 0.6) is 0 Å². The van der Waals surface area contributed by atoms with Crippen molar-refractivity contribution in [3.05, 3.63) is 77.9 Å². The van der Waals surface area contributed by atoms with Gasteiger partial charge in [-0.3, -0.25) is 9.36 Å². The number of rotatable bonds is 6. The van der Waals surface area contributed by atoms with E-state index >= 15 is 0 Å². The van der Waals surface area contributed by atoms with Crippen LogP contribution in [-0.2, 0) is 4.79 Å². The number of thiazole rings is 1. The third kappa shape index (κ3) is 4.16. The number of hydrogen-bond donors (Lipinski definition) is 1. The van der Waals surface area contributed by atoms with Crippen LogP contribution in [0, 0.1) is 6.92 Å². The van der Waals surface area contributed by atoms with Gasteiger partial charge in [-0.2, -0.15) is 0 Å². The number of para-hydroxylation sites is 1. The summed E-state index contributed by atoms with van der Waals surface area (Å²) < 4.78 is 2.09.